The van der Waals surface area contributed by atoms with Gasteiger partial charge in [-0.3, -0.25) is 4.79 Å². The van der Waals surface area contributed by atoms with Crippen LogP contribution in [0.3, 0.4) is 0 Å². The Morgan fingerprint density at radius 2 is 1.95 bits per heavy atom. The van der Waals surface area contributed by atoms with Crippen LogP contribution in [0.2, 0.25) is 0 Å². The Hall–Kier alpha value is -1.31. The molecule has 0 aromatic heterocycles. The van der Waals surface area contributed by atoms with E-state index in [1.807, 2.05) is 18.2 Å². The molecule has 0 bridgehead atoms. The highest BCUT2D eigenvalue weighted by atomic mass is 16.5. The zero-order chi connectivity index (χ0) is 14.2. The van der Waals surface area contributed by atoms with Crippen LogP contribution in [0.25, 0.3) is 0 Å². The number of rotatable bonds is 8. The summed E-state index contributed by atoms with van der Waals surface area (Å²) >= 11 is 0. The third kappa shape index (κ3) is 4.36. The minimum Gasteiger partial charge on any atom is -0.493 e. The van der Waals surface area contributed by atoms with Crippen molar-refractivity contribution in [3.8, 4) is 5.75 Å². The Balaban J connectivity index is 1.77. The highest BCUT2D eigenvalue weighted by Crippen LogP contribution is 2.26. The smallest absolute Gasteiger partial charge is 0.162 e. The Kier molecular flexibility index (Phi) is 6.10. The molecule has 0 unspecified atom stereocenters. The lowest BCUT2D eigenvalue weighted by Crippen LogP contribution is -2.09. The van der Waals surface area contributed by atoms with E-state index in [9.17, 15) is 4.79 Å². The molecule has 20 heavy (non-hydrogen) atoms. The van der Waals surface area contributed by atoms with Crippen molar-refractivity contribution in [1.82, 2.24) is 0 Å². The van der Waals surface area contributed by atoms with Gasteiger partial charge in [0.25, 0.3) is 0 Å². The van der Waals surface area contributed by atoms with Crippen LogP contribution in [0, 0.1) is 0 Å². The minimum atomic E-state index is 0.286. The predicted octanol–water partition coefficient (Wildman–Crippen LogP) is 4.94. The van der Waals surface area contributed by atoms with Gasteiger partial charge in [-0.25, -0.2) is 0 Å². The molecule has 1 aliphatic rings. The van der Waals surface area contributed by atoms with Crippen molar-refractivity contribution in [2.24, 2.45) is 0 Å². The van der Waals surface area contributed by atoms with Crippen molar-refractivity contribution < 1.29 is 9.53 Å². The van der Waals surface area contributed by atoms with Crippen molar-refractivity contribution in [2.45, 2.75) is 64.7 Å². The summed E-state index contributed by atoms with van der Waals surface area (Å²) in [6, 6.07) is 5.92. The van der Waals surface area contributed by atoms with Gasteiger partial charge in [-0.15, -0.1) is 0 Å². The fraction of sp³-hybridized carbons (Fsp3) is 0.611. The first kappa shape index (κ1) is 15.1. The number of hydrogen-bond acceptors (Lipinski definition) is 2. The molecule has 1 aromatic carbocycles. The van der Waals surface area contributed by atoms with Crippen LogP contribution in [-0.2, 0) is 6.42 Å². The lowest BCUT2D eigenvalue weighted by atomic mass is 9.98. The minimum absolute atomic E-state index is 0.286. The molecule has 0 saturated heterocycles. The Morgan fingerprint density at radius 3 is 2.80 bits per heavy atom. The maximum absolute atomic E-state index is 12.2. The number of ketones is 1. The van der Waals surface area contributed by atoms with E-state index in [0.717, 1.165) is 37.2 Å². The highest BCUT2D eigenvalue weighted by molar-refractivity contribution is 5.96. The standard InChI is InChI=1S/C18H26O2/c1-2-3-4-5-6-7-10-17(19)15-11-12-18-16(14-15)9-8-13-20-18/h11-12,14H,2-10,13H2,1H3. The second-order valence-electron chi connectivity index (χ2n) is 5.72. The first-order chi connectivity index (χ1) is 9.81. The number of unbranched alkanes of at least 4 members (excludes halogenated alkanes) is 5. The Bertz CT molecular complexity index is 437. The zero-order valence-corrected chi connectivity index (χ0v) is 12.6. The number of hydrogen-bond donors (Lipinski definition) is 0. The van der Waals surface area contributed by atoms with Gasteiger partial charge in [0.05, 0.1) is 6.61 Å². The van der Waals surface area contributed by atoms with Crippen molar-refractivity contribution in [2.75, 3.05) is 6.61 Å². The molecule has 0 spiro atoms. The van der Waals surface area contributed by atoms with Crippen LogP contribution in [0.1, 0.15) is 74.2 Å². The molecular weight excluding hydrogens is 248 g/mol. The van der Waals surface area contributed by atoms with E-state index in [1.54, 1.807) is 0 Å². The molecule has 0 fully saturated rings. The second kappa shape index (κ2) is 8.08. The molecular formula is C18H26O2. The average molecular weight is 274 g/mol. The average Bonchev–Trinajstić information content (AvgIpc) is 2.50. The first-order valence-corrected chi connectivity index (χ1v) is 8.10. The highest BCUT2D eigenvalue weighted by Gasteiger charge is 2.13. The number of fused-ring (bicyclic) bond motifs is 1. The van der Waals surface area contributed by atoms with Crippen molar-refractivity contribution in [3.63, 3.8) is 0 Å². The van der Waals surface area contributed by atoms with E-state index < -0.39 is 0 Å². The lowest BCUT2D eigenvalue weighted by Gasteiger charge is -2.17. The van der Waals surface area contributed by atoms with Crippen LogP contribution < -0.4 is 4.74 Å². The molecule has 1 heterocycles. The fourth-order valence-corrected chi connectivity index (χ4v) is 2.74. The molecule has 0 aliphatic carbocycles. The molecule has 2 nitrogen and oxygen atoms in total. The summed E-state index contributed by atoms with van der Waals surface area (Å²) in [6.45, 7) is 3.03. The zero-order valence-electron chi connectivity index (χ0n) is 12.6. The van der Waals surface area contributed by atoms with Gasteiger partial charge in [0, 0.05) is 12.0 Å². The summed E-state index contributed by atoms with van der Waals surface area (Å²) in [6.07, 6.45) is 10.1. The second-order valence-corrected chi connectivity index (χ2v) is 5.72. The fourth-order valence-electron chi connectivity index (χ4n) is 2.74. The van der Waals surface area contributed by atoms with Crippen LogP contribution in [-0.4, -0.2) is 12.4 Å². The Labute approximate surface area is 122 Å². The molecule has 0 radical (unpaired) electrons. The van der Waals surface area contributed by atoms with Crippen LogP contribution >= 0.6 is 0 Å². The third-order valence-corrected chi connectivity index (χ3v) is 3.99. The molecule has 1 aromatic rings. The van der Waals surface area contributed by atoms with Gasteiger partial charge < -0.3 is 4.74 Å². The molecule has 110 valence electrons. The quantitative estimate of drug-likeness (QED) is 0.495. The van der Waals surface area contributed by atoms with E-state index in [2.05, 4.69) is 6.92 Å². The SMILES string of the molecule is CCCCCCCCC(=O)c1ccc2c(c1)CCCO2. The Morgan fingerprint density at radius 1 is 1.15 bits per heavy atom. The number of Topliss-reactive ketones (excluding diaryl/α,β-unsaturated/α-hetero) is 1. The maximum atomic E-state index is 12.2. The van der Waals surface area contributed by atoms with Gasteiger partial charge in [0.1, 0.15) is 5.75 Å². The van der Waals surface area contributed by atoms with Crippen molar-refractivity contribution >= 4 is 5.78 Å². The maximum Gasteiger partial charge on any atom is 0.162 e. The molecule has 0 N–H and O–H groups in total. The van der Waals surface area contributed by atoms with Crippen molar-refractivity contribution in [3.05, 3.63) is 29.3 Å². The molecule has 2 heteroatoms. The van der Waals surface area contributed by atoms with Gasteiger partial charge in [-0.05, 0) is 43.0 Å². The monoisotopic (exact) mass is 274 g/mol. The largest absolute Gasteiger partial charge is 0.493 e. The van der Waals surface area contributed by atoms with Gasteiger partial charge in [-0.1, -0.05) is 39.0 Å². The van der Waals surface area contributed by atoms with Gasteiger partial charge in [-0.2, -0.15) is 0 Å². The lowest BCUT2D eigenvalue weighted by molar-refractivity contribution is 0.0979. The van der Waals surface area contributed by atoms with E-state index in [0.29, 0.717) is 6.42 Å². The first-order valence-electron chi connectivity index (χ1n) is 8.10. The third-order valence-electron chi connectivity index (χ3n) is 3.99. The summed E-state index contributed by atoms with van der Waals surface area (Å²) in [5, 5.41) is 0. The molecule has 0 atom stereocenters. The number of carbonyl (C=O) groups is 1. The summed E-state index contributed by atoms with van der Waals surface area (Å²) in [4.78, 5) is 12.2. The number of benzene rings is 1. The molecule has 1 aliphatic heterocycles. The van der Waals surface area contributed by atoms with Crippen molar-refractivity contribution in [1.29, 1.82) is 0 Å². The molecule has 0 saturated carbocycles. The summed E-state index contributed by atoms with van der Waals surface area (Å²) in [5.74, 6) is 1.25. The van der Waals surface area contributed by atoms with Crippen LogP contribution in [0.5, 0.6) is 5.75 Å². The van der Waals surface area contributed by atoms with Gasteiger partial charge >= 0.3 is 0 Å². The van der Waals surface area contributed by atoms with E-state index in [4.69, 9.17) is 4.74 Å². The van der Waals surface area contributed by atoms with E-state index in [-0.39, 0.29) is 5.78 Å². The summed E-state index contributed by atoms with van der Waals surface area (Å²) in [5.41, 5.74) is 2.06. The van der Waals surface area contributed by atoms with E-state index >= 15 is 0 Å². The normalized spacial score (nSPS) is 13.7. The number of ether oxygens (including phenoxy) is 1. The predicted molar refractivity (Wildman–Crippen MR) is 82.6 cm³/mol. The summed E-state index contributed by atoms with van der Waals surface area (Å²) in [7, 11) is 0. The van der Waals surface area contributed by atoms with E-state index in [1.165, 1.54) is 37.7 Å². The van der Waals surface area contributed by atoms with Crippen LogP contribution in [0.15, 0.2) is 18.2 Å². The van der Waals surface area contributed by atoms with Crippen LogP contribution in [0.4, 0.5) is 0 Å². The molecule has 2 rings (SSSR count). The summed E-state index contributed by atoms with van der Waals surface area (Å²) < 4.78 is 5.58. The molecule has 0 amide bonds. The van der Waals surface area contributed by atoms with Gasteiger partial charge in [0.15, 0.2) is 5.78 Å². The topological polar surface area (TPSA) is 26.3 Å². The van der Waals surface area contributed by atoms with Gasteiger partial charge in [0.2, 0.25) is 0 Å². The number of carbonyl (C=O) groups excluding carboxylic acids is 1. The number of aryl methyl sites for hydroxylation is 1.